The molecule has 38 nitrogen and oxygen atoms in total. The first kappa shape index (κ1) is 101. The number of aromatic nitrogens is 1. The van der Waals surface area contributed by atoms with Crippen LogP contribution in [-0.4, -0.2) is 222 Å². The molecule has 0 spiro atoms. The minimum absolute atomic E-state index is 0.00740. The first-order valence-corrected chi connectivity index (χ1v) is 42.5. The van der Waals surface area contributed by atoms with Crippen LogP contribution in [0.3, 0.4) is 0 Å². The number of fused-ring (bicyclic) bond motifs is 1. The van der Waals surface area contributed by atoms with Crippen LogP contribution < -0.4 is 85.9 Å². The standard InChI is InChI=1S/C87H125N17O21/c1-48(2)41-63(94-53(7)107)79(119)102-71(52(6)106)83(123)99-66(42-54-25-18-17-19-26-54)82(122)104-86(8)39-22-15-13-11-10-12-14-16-23-40-87(9,85(125)101-68(47-105)80(120)93-50(4)73(113)91-49(3)72(89)112)103-81(121)65(43-55-27-24-28-55)97-75(115)61(35-37-69(88)109)95-74(114)51(5)92-77(117)67(45-57-46-90-60-30-21-20-29-59(57)60)98-78(118)64(44-56-31-33-58(108)34-32-56)96-76(116)62(100-84(86)124)36-38-70(110)111/h12,14,17-21,25-26,29-34,46,48-52,55,61-68,71,90,105-106,108H,10-11,13,15-16,22-24,27-28,35-45,47H2,1-9H3,(H2,88,109)(H2,89,112)(H,91,113)(H,92,117)(H,93,120)(H,94,107)(H,95,114)(H,96,116)(H,97,115)(H,98,118)(H,99,123)(H,100,124)(H,101,125)(H,102,119)(H,103,121)(H,104,122)(H,110,111)/b14-12+/t49-,50-,51-,52+,61-,62-,63-,64?,65?,66-,67?,68-,71-,86+,87-/m0/s1. The van der Waals surface area contributed by atoms with Crippen LogP contribution in [0.5, 0.6) is 5.75 Å². The van der Waals surface area contributed by atoms with Crippen LogP contribution in [-0.2, 0) is 101 Å². The maximum atomic E-state index is 15.5. The van der Waals surface area contributed by atoms with Crippen molar-refractivity contribution in [2.75, 3.05) is 6.61 Å². The van der Waals surface area contributed by atoms with Crippen LogP contribution in [0.2, 0.25) is 0 Å². The molecule has 23 N–H and O–H groups in total. The second-order valence-corrected chi connectivity index (χ2v) is 33.3. The molecule has 16 amide bonds. The fourth-order valence-corrected chi connectivity index (χ4v) is 14.3. The van der Waals surface area contributed by atoms with E-state index in [9.17, 15) is 73.2 Å². The van der Waals surface area contributed by atoms with Crippen molar-refractivity contribution in [1.29, 1.82) is 0 Å². The van der Waals surface area contributed by atoms with E-state index in [2.05, 4.69) is 79.4 Å². The van der Waals surface area contributed by atoms with Crippen LogP contribution in [0.15, 0.2) is 97.2 Å². The number of phenols is 1. The molecule has 2 heterocycles. The van der Waals surface area contributed by atoms with E-state index < -0.39 is 229 Å². The Labute approximate surface area is 725 Å². The molecule has 38 heteroatoms. The highest BCUT2D eigenvalue weighted by atomic mass is 16.4. The van der Waals surface area contributed by atoms with Crippen LogP contribution in [0.4, 0.5) is 0 Å². The number of aliphatic hydroxyl groups excluding tert-OH is 2. The van der Waals surface area contributed by atoms with Crippen molar-refractivity contribution in [1.82, 2.24) is 79.4 Å². The number of rotatable bonds is 32. The van der Waals surface area contributed by atoms with Gasteiger partial charge in [0.05, 0.1) is 12.7 Å². The van der Waals surface area contributed by atoms with Gasteiger partial charge in [0.15, 0.2) is 0 Å². The van der Waals surface area contributed by atoms with Crippen LogP contribution in [0.25, 0.3) is 10.9 Å². The van der Waals surface area contributed by atoms with Gasteiger partial charge in [-0.05, 0) is 152 Å². The number of allylic oxidation sites excluding steroid dienone is 2. The van der Waals surface area contributed by atoms with E-state index in [-0.39, 0.29) is 75.4 Å². The van der Waals surface area contributed by atoms with Gasteiger partial charge in [0.2, 0.25) is 94.5 Å². The van der Waals surface area contributed by atoms with E-state index in [0.717, 1.165) is 6.42 Å². The number of aromatic hydroxyl groups is 1. The molecule has 1 aliphatic carbocycles. The largest absolute Gasteiger partial charge is 0.508 e. The Kier molecular flexibility index (Phi) is 39.9. The summed E-state index contributed by atoms with van der Waals surface area (Å²) < 4.78 is 0. The second kappa shape index (κ2) is 49.2. The average molecular weight is 1750 g/mol. The number of para-hydroxylation sites is 1. The third-order valence-electron chi connectivity index (χ3n) is 22.0. The minimum Gasteiger partial charge on any atom is -0.508 e. The zero-order chi connectivity index (χ0) is 92.4. The first-order chi connectivity index (χ1) is 59.1. The Hall–Kier alpha value is -12.4. The quantitative estimate of drug-likeness (QED) is 0.0283. The monoisotopic (exact) mass is 1740 g/mol. The highest BCUT2D eigenvalue weighted by Gasteiger charge is 2.44. The van der Waals surface area contributed by atoms with Gasteiger partial charge >= 0.3 is 5.97 Å². The predicted octanol–water partition coefficient (Wildman–Crippen LogP) is -0.146. The van der Waals surface area contributed by atoms with Gasteiger partial charge in [-0.15, -0.1) is 0 Å². The van der Waals surface area contributed by atoms with E-state index in [1.165, 1.54) is 72.7 Å². The lowest BCUT2D eigenvalue weighted by atomic mass is 9.80. The number of nitrogens with two attached hydrogens (primary N) is 2. The summed E-state index contributed by atoms with van der Waals surface area (Å²) in [5.74, 6) is -17.0. The highest BCUT2D eigenvalue weighted by molar-refractivity contribution is 6.02. The summed E-state index contributed by atoms with van der Waals surface area (Å²) in [5.41, 5.74) is 8.80. The topological polar surface area (TPSA) is 607 Å². The molecular weight excluding hydrogens is 1620 g/mol. The Morgan fingerprint density at radius 2 is 1.12 bits per heavy atom. The van der Waals surface area contributed by atoms with Crippen molar-refractivity contribution in [3.8, 4) is 5.75 Å². The summed E-state index contributed by atoms with van der Waals surface area (Å²) >= 11 is 0. The first-order valence-electron chi connectivity index (χ1n) is 42.5. The summed E-state index contributed by atoms with van der Waals surface area (Å²) in [4.78, 5) is 243. The van der Waals surface area contributed by atoms with Crippen molar-refractivity contribution < 1.29 is 102 Å². The number of hydrogen-bond donors (Lipinski definition) is 21. The number of benzene rings is 3. The van der Waals surface area contributed by atoms with E-state index >= 15 is 28.8 Å². The third-order valence-corrected chi connectivity index (χ3v) is 22.0. The van der Waals surface area contributed by atoms with Gasteiger partial charge in [-0.25, -0.2) is 0 Å². The lowest BCUT2D eigenvalue weighted by Gasteiger charge is -2.35. The van der Waals surface area contributed by atoms with Crippen molar-refractivity contribution in [2.24, 2.45) is 23.3 Å². The number of nitrogens with one attached hydrogen (secondary N) is 15. The van der Waals surface area contributed by atoms with E-state index in [1.807, 2.05) is 12.2 Å². The number of phenolic OH excluding ortho intramolecular Hbond substituents is 1. The number of carboxylic acids is 1. The fraction of sp³-hybridized carbons (Fsp3) is 0.552. The molecule has 4 aromatic rings. The molecular formula is C87H125N17O21. The third kappa shape index (κ3) is 33.0. The fourth-order valence-electron chi connectivity index (χ4n) is 14.3. The Morgan fingerprint density at radius 1 is 0.544 bits per heavy atom. The molecule has 0 saturated heterocycles. The Balaban J connectivity index is 1.44. The van der Waals surface area contributed by atoms with Crippen molar-refractivity contribution >= 4 is 111 Å². The smallest absolute Gasteiger partial charge is 0.303 e. The molecule has 1 aromatic heterocycles. The molecule has 1 saturated carbocycles. The number of aliphatic hydroxyl groups is 2. The number of amides is 16. The van der Waals surface area contributed by atoms with Crippen molar-refractivity contribution in [3.63, 3.8) is 0 Å². The molecule has 15 atom stereocenters. The molecule has 0 bridgehead atoms. The normalized spacial score (nSPS) is 22.9. The number of primary amides is 2. The van der Waals surface area contributed by atoms with Gasteiger partial charge in [0.1, 0.15) is 89.3 Å². The maximum absolute atomic E-state index is 15.5. The molecule has 2 aliphatic rings. The van der Waals surface area contributed by atoms with Gasteiger partial charge in [-0.3, -0.25) is 81.5 Å². The summed E-state index contributed by atoms with van der Waals surface area (Å²) in [6.45, 7) is 11.6. The number of carbonyl (C=O) groups excluding carboxylic acids is 16. The summed E-state index contributed by atoms with van der Waals surface area (Å²) in [6, 6.07) is 2.25. The number of H-pyrrole nitrogens is 1. The molecule has 1 fully saturated rings. The number of carboxylic acid groups (broad SMARTS) is 1. The molecule has 6 rings (SSSR count). The SMILES string of the molecule is CC(=O)N[C@@H](CC(C)C)C(=O)N[C@H](C(=O)N[C@@H](Cc1ccccc1)C(=O)N[C@]1(C)CCCCCC/C=C/CCC[C@@](C)(C(=O)N[C@@H](CO)C(=O)N[C@@H](C)C(=O)N[C@@H](C)C(N)=O)NC(=O)C(CC2CCC2)NC(=O)[C@H](CCC(N)=O)NC(=O)[C@H](C)NC(=O)C(Cc2c[nH]c3ccccc23)NC(=O)C(Cc2ccc(O)cc2)NC(=O)[C@H](CCC(=O)O)NC1=O)[C@@H](C)O. The molecule has 0 radical (unpaired) electrons. The van der Waals surface area contributed by atoms with Crippen molar-refractivity contribution in [2.45, 2.75) is 287 Å². The van der Waals surface area contributed by atoms with Gasteiger partial charge in [-0.2, -0.15) is 0 Å². The molecule has 684 valence electrons. The number of aromatic amines is 1. The van der Waals surface area contributed by atoms with Crippen LogP contribution >= 0.6 is 0 Å². The van der Waals surface area contributed by atoms with Gasteiger partial charge in [0.25, 0.3) is 0 Å². The lowest BCUT2D eigenvalue weighted by molar-refractivity contribution is -0.140. The van der Waals surface area contributed by atoms with Gasteiger partial charge in [0, 0.05) is 56.1 Å². The number of hydrogen-bond acceptors (Lipinski definition) is 20. The molecule has 3 unspecified atom stereocenters. The van der Waals surface area contributed by atoms with Crippen LogP contribution in [0, 0.1) is 11.8 Å². The van der Waals surface area contributed by atoms with E-state index in [1.54, 1.807) is 74.6 Å². The number of aliphatic carboxylic acids is 1. The zero-order valence-electron chi connectivity index (χ0n) is 72.3. The second-order valence-electron chi connectivity index (χ2n) is 33.3. The maximum Gasteiger partial charge on any atom is 0.303 e. The minimum atomic E-state index is -2.07. The molecule has 1 aliphatic heterocycles. The van der Waals surface area contributed by atoms with Gasteiger partial charge in [-0.1, -0.05) is 125 Å². The lowest BCUT2D eigenvalue weighted by Crippen LogP contribution is -2.65. The van der Waals surface area contributed by atoms with Crippen LogP contribution in [0.1, 0.15) is 195 Å². The van der Waals surface area contributed by atoms with Gasteiger partial charge < -0.3 is 111 Å². The van der Waals surface area contributed by atoms with E-state index in [0.29, 0.717) is 66.1 Å². The summed E-state index contributed by atoms with van der Waals surface area (Å²) in [7, 11) is 0. The van der Waals surface area contributed by atoms with E-state index in [4.69, 9.17) is 11.5 Å². The predicted molar refractivity (Wildman–Crippen MR) is 458 cm³/mol. The van der Waals surface area contributed by atoms with Crippen molar-refractivity contribution in [3.05, 3.63) is 114 Å². The zero-order valence-corrected chi connectivity index (χ0v) is 72.3. The average Bonchev–Trinajstić information content (AvgIpc) is 1.80. The Morgan fingerprint density at radius 3 is 1.73 bits per heavy atom. The highest BCUT2D eigenvalue weighted by Crippen LogP contribution is 2.31. The molecule has 3 aromatic carbocycles. The summed E-state index contributed by atoms with van der Waals surface area (Å²) in [5, 5.41) is 79.2. The number of carbonyl (C=O) groups is 17. The molecule has 125 heavy (non-hydrogen) atoms. The summed E-state index contributed by atoms with van der Waals surface area (Å²) in [6.07, 6.45) is 4.80. The Bertz CT molecular complexity index is 4460.